The summed E-state index contributed by atoms with van der Waals surface area (Å²) in [4.78, 5) is 17.0. The van der Waals surface area contributed by atoms with Crippen LogP contribution < -0.4 is 5.56 Å². The summed E-state index contributed by atoms with van der Waals surface area (Å²) in [6, 6.07) is 15.2. The number of nitrogens with zero attached hydrogens (tertiary/aromatic N) is 4. The lowest BCUT2D eigenvalue weighted by Crippen LogP contribution is -2.21. The van der Waals surface area contributed by atoms with Crippen molar-refractivity contribution in [3.63, 3.8) is 0 Å². The molecular formula is C19H16N4O2S. The minimum Gasteiger partial charge on any atom is -0.411 e. The Morgan fingerprint density at radius 3 is 2.69 bits per heavy atom. The van der Waals surface area contributed by atoms with Crippen molar-refractivity contribution in [2.75, 3.05) is 0 Å². The van der Waals surface area contributed by atoms with Crippen molar-refractivity contribution >= 4 is 22.7 Å². The van der Waals surface area contributed by atoms with Crippen LogP contribution >= 0.6 is 11.8 Å². The molecule has 0 aliphatic carbocycles. The Morgan fingerprint density at radius 2 is 1.85 bits per heavy atom. The van der Waals surface area contributed by atoms with Crippen LogP contribution in [0, 0.1) is 6.92 Å². The van der Waals surface area contributed by atoms with Gasteiger partial charge in [-0.05, 0) is 30.7 Å². The summed E-state index contributed by atoms with van der Waals surface area (Å²) < 4.78 is 7.32. The molecule has 7 heteroatoms. The fraction of sp³-hybridized carbons (Fsp3) is 0.158. The number of aromatic nitrogens is 4. The molecule has 0 bridgehead atoms. The molecule has 2 heterocycles. The van der Waals surface area contributed by atoms with Crippen molar-refractivity contribution in [2.24, 2.45) is 7.05 Å². The summed E-state index contributed by atoms with van der Waals surface area (Å²) in [6.45, 7) is 2.00. The first-order valence-corrected chi connectivity index (χ1v) is 9.09. The van der Waals surface area contributed by atoms with Gasteiger partial charge in [0, 0.05) is 12.6 Å². The third kappa shape index (κ3) is 3.01. The van der Waals surface area contributed by atoms with Crippen LogP contribution in [0.5, 0.6) is 0 Å². The van der Waals surface area contributed by atoms with E-state index in [2.05, 4.69) is 15.2 Å². The first-order chi connectivity index (χ1) is 12.6. The molecule has 0 unspecified atom stereocenters. The van der Waals surface area contributed by atoms with E-state index >= 15 is 0 Å². The molecule has 2 aromatic heterocycles. The molecule has 0 saturated carbocycles. The molecule has 26 heavy (non-hydrogen) atoms. The lowest BCUT2D eigenvalue weighted by Gasteiger charge is -2.07. The van der Waals surface area contributed by atoms with Crippen molar-refractivity contribution in [2.45, 2.75) is 17.9 Å². The maximum Gasteiger partial charge on any atom is 0.277 e. The van der Waals surface area contributed by atoms with Gasteiger partial charge in [0.15, 0.2) is 0 Å². The second-order valence-electron chi connectivity index (χ2n) is 5.89. The zero-order valence-electron chi connectivity index (χ0n) is 14.3. The molecule has 0 amide bonds. The van der Waals surface area contributed by atoms with Gasteiger partial charge in [-0.1, -0.05) is 42.1 Å². The quantitative estimate of drug-likeness (QED) is 0.515. The predicted octanol–water partition coefficient (Wildman–Crippen LogP) is 3.58. The van der Waals surface area contributed by atoms with E-state index < -0.39 is 0 Å². The van der Waals surface area contributed by atoms with Crippen LogP contribution in [0.25, 0.3) is 22.4 Å². The standard InChI is InChI=1S/C19H16N4O2S/c1-12-7-3-4-8-13(12)17-21-22-19(25-17)26-11-16-20-15-10-6-5-9-14(15)18(24)23(16)2/h3-10H,11H2,1-2H3. The Labute approximate surface area is 153 Å². The molecule has 130 valence electrons. The normalized spacial score (nSPS) is 11.2. The van der Waals surface area contributed by atoms with E-state index in [4.69, 9.17) is 4.42 Å². The van der Waals surface area contributed by atoms with Crippen LogP contribution in [0.3, 0.4) is 0 Å². The van der Waals surface area contributed by atoms with Gasteiger partial charge in [0.2, 0.25) is 5.89 Å². The van der Waals surface area contributed by atoms with Crippen LogP contribution in [-0.4, -0.2) is 19.7 Å². The highest BCUT2D eigenvalue weighted by atomic mass is 32.2. The molecular weight excluding hydrogens is 348 g/mol. The number of hydrogen-bond acceptors (Lipinski definition) is 6. The van der Waals surface area contributed by atoms with Gasteiger partial charge in [0.05, 0.1) is 16.7 Å². The SMILES string of the molecule is Cc1ccccc1-c1nnc(SCc2nc3ccccc3c(=O)n2C)o1. The third-order valence-corrected chi connectivity index (χ3v) is 5.00. The average Bonchev–Trinajstić information content (AvgIpc) is 3.13. The van der Waals surface area contributed by atoms with Crippen LogP contribution in [0.4, 0.5) is 0 Å². The van der Waals surface area contributed by atoms with Gasteiger partial charge in [-0.25, -0.2) is 4.98 Å². The molecule has 2 aromatic carbocycles. The summed E-state index contributed by atoms with van der Waals surface area (Å²) in [5.74, 6) is 1.62. The number of fused-ring (bicyclic) bond motifs is 1. The maximum absolute atomic E-state index is 12.4. The summed E-state index contributed by atoms with van der Waals surface area (Å²) in [6.07, 6.45) is 0. The molecule has 4 rings (SSSR count). The van der Waals surface area contributed by atoms with Crippen LogP contribution in [0.15, 0.2) is 63.0 Å². The minimum absolute atomic E-state index is 0.0580. The highest BCUT2D eigenvalue weighted by molar-refractivity contribution is 7.98. The van der Waals surface area contributed by atoms with Gasteiger partial charge in [0.25, 0.3) is 10.8 Å². The van der Waals surface area contributed by atoms with E-state index in [1.165, 1.54) is 11.8 Å². The lowest BCUT2D eigenvalue weighted by atomic mass is 10.1. The minimum atomic E-state index is -0.0580. The molecule has 0 aliphatic heterocycles. The van der Waals surface area contributed by atoms with Gasteiger partial charge in [-0.2, -0.15) is 0 Å². The molecule has 0 N–H and O–H groups in total. The fourth-order valence-corrected chi connectivity index (χ4v) is 3.46. The number of para-hydroxylation sites is 1. The zero-order valence-corrected chi connectivity index (χ0v) is 15.2. The van der Waals surface area contributed by atoms with E-state index in [1.807, 2.05) is 49.4 Å². The van der Waals surface area contributed by atoms with Crippen molar-refractivity contribution in [1.29, 1.82) is 0 Å². The van der Waals surface area contributed by atoms with Crippen LogP contribution in [-0.2, 0) is 12.8 Å². The van der Waals surface area contributed by atoms with Crippen molar-refractivity contribution in [3.8, 4) is 11.5 Å². The molecule has 0 saturated heterocycles. The Balaban J connectivity index is 1.59. The number of benzene rings is 2. The molecule has 0 radical (unpaired) electrons. The summed E-state index contributed by atoms with van der Waals surface area (Å²) in [5.41, 5.74) is 2.63. The lowest BCUT2D eigenvalue weighted by molar-refractivity contribution is 0.465. The molecule has 6 nitrogen and oxygen atoms in total. The summed E-state index contributed by atoms with van der Waals surface area (Å²) in [5, 5.41) is 9.28. The largest absolute Gasteiger partial charge is 0.411 e. The number of thioether (sulfide) groups is 1. The highest BCUT2D eigenvalue weighted by Gasteiger charge is 2.13. The van der Waals surface area contributed by atoms with Crippen molar-refractivity contribution in [3.05, 3.63) is 70.3 Å². The predicted molar refractivity (Wildman–Crippen MR) is 101 cm³/mol. The molecule has 0 atom stereocenters. The number of aryl methyl sites for hydroxylation is 1. The fourth-order valence-electron chi connectivity index (χ4n) is 2.71. The van der Waals surface area contributed by atoms with E-state index in [0.717, 1.165) is 11.1 Å². The first-order valence-electron chi connectivity index (χ1n) is 8.10. The number of hydrogen-bond donors (Lipinski definition) is 0. The van der Waals surface area contributed by atoms with E-state index in [-0.39, 0.29) is 5.56 Å². The van der Waals surface area contributed by atoms with Gasteiger partial charge in [0.1, 0.15) is 5.82 Å². The van der Waals surface area contributed by atoms with Crippen molar-refractivity contribution < 1.29 is 4.42 Å². The zero-order chi connectivity index (χ0) is 18.1. The third-order valence-electron chi connectivity index (χ3n) is 4.18. The monoisotopic (exact) mass is 364 g/mol. The van der Waals surface area contributed by atoms with Crippen molar-refractivity contribution in [1.82, 2.24) is 19.7 Å². The average molecular weight is 364 g/mol. The Kier molecular flexibility index (Phi) is 4.30. The topological polar surface area (TPSA) is 73.8 Å². The van der Waals surface area contributed by atoms with E-state index in [0.29, 0.717) is 33.6 Å². The number of rotatable bonds is 4. The van der Waals surface area contributed by atoms with Crippen LogP contribution in [0.1, 0.15) is 11.4 Å². The highest BCUT2D eigenvalue weighted by Crippen LogP contribution is 2.27. The van der Waals surface area contributed by atoms with Crippen LogP contribution in [0.2, 0.25) is 0 Å². The second-order valence-corrected chi connectivity index (χ2v) is 6.81. The second kappa shape index (κ2) is 6.76. The summed E-state index contributed by atoms with van der Waals surface area (Å²) in [7, 11) is 1.73. The van der Waals surface area contributed by atoms with Gasteiger partial charge >= 0.3 is 0 Å². The maximum atomic E-state index is 12.4. The van der Waals surface area contributed by atoms with Gasteiger partial charge in [-0.15, -0.1) is 10.2 Å². The Bertz CT molecular complexity index is 1150. The Hall–Kier alpha value is -2.93. The van der Waals surface area contributed by atoms with E-state index in [9.17, 15) is 4.79 Å². The Morgan fingerprint density at radius 1 is 1.08 bits per heavy atom. The van der Waals surface area contributed by atoms with Gasteiger partial charge < -0.3 is 4.42 Å². The van der Waals surface area contributed by atoms with E-state index in [1.54, 1.807) is 17.7 Å². The first kappa shape index (κ1) is 16.5. The smallest absolute Gasteiger partial charge is 0.277 e. The molecule has 0 fully saturated rings. The molecule has 0 aliphatic rings. The van der Waals surface area contributed by atoms with Gasteiger partial charge in [-0.3, -0.25) is 9.36 Å². The molecule has 0 spiro atoms. The molecule has 4 aromatic rings. The summed E-state index contributed by atoms with van der Waals surface area (Å²) >= 11 is 1.36.